The van der Waals surface area contributed by atoms with Crippen LogP contribution in [0.15, 0.2) is 18.5 Å². The van der Waals surface area contributed by atoms with Gasteiger partial charge in [-0.05, 0) is 12.1 Å². The molecule has 70 valence electrons. The summed E-state index contributed by atoms with van der Waals surface area (Å²) in [7, 11) is 0. The second-order valence-corrected chi connectivity index (χ2v) is 2.90. The fraction of sp³-hybridized carbons (Fsp3) is 0. The van der Waals surface area contributed by atoms with Crippen molar-refractivity contribution in [1.29, 1.82) is 10.5 Å². The second kappa shape index (κ2) is 3.24. The van der Waals surface area contributed by atoms with Gasteiger partial charge in [-0.15, -0.1) is 0 Å². The van der Waals surface area contributed by atoms with Crippen LogP contribution in [0.4, 0.5) is 5.82 Å². The van der Waals surface area contributed by atoms with Gasteiger partial charge in [0.2, 0.25) is 0 Å². The van der Waals surface area contributed by atoms with E-state index in [9.17, 15) is 0 Å². The summed E-state index contributed by atoms with van der Waals surface area (Å²) in [6.07, 6.45) is 1.30. The average Bonchev–Trinajstić information content (AvgIpc) is 2.28. The molecule has 0 saturated carbocycles. The van der Waals surface area contributed by atoms with Crippen molar-refractivity contribution in [3.63, 3.8) is 0 Å². The van der Waals surface area contributed by atoms with Crippen LogP contribution < -0.4 is 5.73 Å². The van der Waals surface area contributed by atoms with Gasteiger partial charge in [-0.25, -0.2) is 9.97 Å². The summed E-state index contributed by atoms with van der Waals surface area (Å²) in [6.45, 7) is 0. The van der Waals surface area contributed by atoms with Crippen LogP contribution in [0.1, 0.15) is 11.1 Å². The first-order valence-electron chi connectivity index (χ1n) is 4.10. The molecule has 0 aliphatic carbocycles. The van der Waals surface area contributed by atoms with Gasteiger partial charge in [-0.2, -0.15) is 10.5 Å². The molecular formula is C10H5N5. The molecule has 0 amide bonds. The Morgan fingerprint density at radius 2 is 1.93 bits per heavy atom. The number of benzene rings is 1. The van der Waals surface area contributed by atoms with E-state index in [0.717, 1.165) is 0 Å². The van der Waals surface area contributed by atoms with Gasteiger partial charge in [0.15, 0.2) is 0 Å². The maximum Gasteiger partial charge on any atom is 0.134 e. The lowest BCUT2D eigenvalue weighted by Crippen LogP contribution is -1.95. The van der Waals surface area contributed by atoms with Crippen LogP contribution in [0, 0.1) is 22.7 Å². The van der Waals surface area contributed by atoms with Crippen LogP contribution in [0.2, 0.25) is 0 Å². The van der Waals surface area contributed by atoms with Gasteiger partial charge in [-0.3, -0.25) is 0 Å². The largest absolute Gasteiger partial charge is 0.383 e. The van der Waals surface area contributed by atoms with E-state index < -0.39 is 0 Å². The zero-order valence-electron chi connectivity index (χ0n) is 7.60. The minimum atomic E-state index is 0.272. The predicted octanol–water partition coefficient (Wildman–Crippen LogP) is 0.955. The van der Waals surface area contributed by atoms with E-state index >= 15 is 0 Å². The Labute approximate surface area is 85.4 Å². The standard InChI is InChI=1S/C10H5N5/c11-3-6-1-7(4-12)9-8(2-6)10(13)15-5-14-9/h1-2,5H,(H2,13,14,15). The minimum Gasteiger partial charge on any atom is -0.383 e. The van der Waals surface area contributed by atoms with Crippen LogP contribution in [0.25, 0.3) is 10.9 Å². The Morgan fingerprint density at radius 1 is 1.13 bits per heavy atom. The highest BCUT2D eigenvalue weighted by molar-refractivity contribution is 5.92. The number of anilines is 1. The Morgan fingerprint density at radius 3 is 2.60 bits per heavy atom. The molecule has 0 radical (unpaired) electrons. The van der Waals surface area contributed by atoms with Crippen molar-refractivity contribution < 1.29 is 0 Å². The zero-order valence-corrected chi connectivity index (χ0v) is 7.60. The van der Waals surface area contributed by atoms with Crippen molar-refractivity contribution in [3.05, 3.63) is 29.6 Å². The van der Waals surface area contributed by atoms with Crippen molar-refractivity contribution in [2.75, 3.05) is 5.73 Å². The lowest BCUT2D eigenvalue weighted by atomic mass is 10.1. The van der Waals surface area contributed by atoms with Gasteiger partial charge in [-0.1, -0.05) is 0 Å². The van der Waals surface area contributed by atoms with Gasteiger partial charge < -0.3 is 5.73 Å². The normalized spacial score (nSPS) is 9.47. The van der Waals surface area contributed by atoms with Crippen LogP contribution >= 0.6 is 0 Å². The Bertz CT molecular complexity index is 618. The van der Waals surface area contributed by atoms with Gasteiger partial charge in [0.25, 0.3) is 0 Å². The van der Waals surface area contributed by atoms with E-state index in [1.165, 1.54) is 12.4 Å². The zero-order chi connectivity index (χ0) is 10.8. The number of aromatic nitrogens is 2. The van der Waals surface area contributed by atoms with Crippen LogP contribution in [-0.2, 0) is 0 Å². The van der Waals surface area contributed by atoms with Crippen molar-refractivity contribution in [3.8, 4) is 12.1 Å². The number of nitriles is 2. The summed E-state index contributed by atoms with van der Waals surface area (Å²) >= 11 is 0. The summed E-state index contributed by atoms with van der Waals surface area (Å²) in [4.78, 5) is 7.77. The smallest absolute Gasteiger partial charge is 0.134 e. The molecule has 2 aromatic rings. The Balaban J connectivity index is 2.96. The maximum atomic E-state index is 8.89. The highest BCUT2D eigenvalue weighted by atomic mass is 14.9. The highest BCUT2D eigenvalue weighted by Crippen LogP contribution is 2.21. The topological polar surface area (TPSA) is 99.4 Å². The van der Waals surface area contributed by atoms with E-state index in [1.807, 2.05) is 12.1 Å². The van der Waals surface area contributed by atoms with E-state index in [-0.39, 0.29) is 5.82 Å². The molecule has 0 bridgehead atoms. The fourth-order valence-corrected chi connectivity index (χ4v) is 1.34. The molecule has 15 heavy (non-hydrogen) atoms. The number of nitrogens with zero attached hydrogens (tertiary/aromatic N) is 4. The molecule has 0 fully saturated rings. The van der Waals surface area contributed by atoms with Crippen molar-refractivity contribution in [1.82, 2.24) is 9.97 Å². The molecule has 1 aromatic carbocycles. The highest BCUT2D eigenvalue weighted by Gasteiger charge is 2.07. The summed E-state index contributed by atoms with van der Waals surface area (Å²) in [5, 5.41) is 18.2. The summed E-state index contributed by atoms with van der Waals surface area (Å²) in [6, 6.07) is 6.99. The number of hydrogen-bond donors (Lipinski definition) is 1. The first-order valence-corrected chi connectivity index (χ1v) is 4.10. The van der Waals surface area contributed by atoms with Gasteiger partial charge in [0.05, 0.1) is 22.7 Å². The number of rotatable bonds is 0. The summed E-state index contributed by atoms with van der Waals surface area (Å²) in [5.41, 5.74) is 6.82. The van der Waals surface area contributed by atoms with Gasteiger partial charge in [0.1, 0.15) is 18.2 Å². The monoisotopic (exact) mass is 195 g/mol. The molecule has 0 unspecified atom stereocenters. The van der Waals surface area contributed by atoms with Crippen molar-refractivity contribution >= 4 is 16.7 Å². The Kier molecular flexibility index (Phi) is 1.93. The maximum absolute atomic E-state index is 8.89. The molecule has 5 nitrogen and oxygen atoms in total. The van der Waals surface area contributed by atoms with E-state index in [0.29, 0.717) is 22.0 Å². The first kappa shape index (κ1) is 8.92. The molecule has 1 heterocycles. The summed E-state index contributed by atoms with van der Waals surface area (Å²) < 4.78 is 0. The molecule has 1 aromatic heterocycles. The van der Waals surface area contributed by atoms with Gasteiger partial charge in [0, 0.05) is 5.39 Å². The fourth-order valence-electron chi connectivity index (χ4n) is 1.34. The second-order valence-electron chi connectivity index (χ2n) is 2.90. The van der Waals surface area contributed by atoms with E-state index in [4.69, 9.17) is 16.3 Å². The SMILES string of the molecule is N#Cc1cc(C#N)c2ncnc(N)c2c1. The quantitative estimate of drug-likeness (QED) is 0.674. The molecule has 0 aliphatic heterocycles. The number of fused-ring (bicyclic) bond motifs is 1. The Hall–Kier alpha value is -2.66. The lowest BCUT2D eigenvalue weighted by molar-refractivity contribution is 1.22. The van der Waals surface area contributed by atoms with Gasteiger partial charge >= 0.3 is 0 Å². The lowest BCUT2D eigenvalue weighted by Gasteiger charge is -2.01. The molecule has 0 spiro atoms. The summed E-state index contributed by atoms with van der Waals surface area (Å²) in [5.74, 6) is 0.272. The third-order valence-corrected chi connectivity index (χ3v) is 2.02. The third-order valence-electron chi connectivity index (χ3n) is 2.02. The first-order chi connectivity index (χ1) is 7.26. The molecule has 0 saturated heterocycles. The molecule has 2 rings (SSSR count). The molecule has 0 aliphatic rings. The number of nitrogen functional groups attached to an aromatic ring is 1. The average molecular weight is 195 g/mol. The van der Waals surface area contributed by atoms with E-state index in [1.54, 1.807) is 6.07 Å². The molecule has 2 N–H and O–H groups in total. The van der Waals surface area contributed by atoms with Crippen molar-refractivity contribution in [2.45, 2.75) is 0 Å². The van der Waals surface area contributed by atoms with Crippen LogP contribution in [0.3, 0.4) is 0 Å². The van der Waals surface area contributed by atoms with Crippen LogP contribution in [-0.4, -0.2) is 9.97 Å². The third kappa shape index (κ3) is 1.32. The van der Waals surface area contributed by atoms with Crippen molar-refractivity contribution in [2.24, 2.45) is 0 Å². The molecular weight excluding hydrogens is 190 g/mol. The van der Waals surface area contributed by atoms with Crippen LogP contribution in [0.5, 0.6) is 0 Å². The van der Waals surface area contributed by atoms with E-state index in [2.05, 4.69) is 9.97 Å². The molecule has 5 heteroatoms. The number of hydrogen-bond acceptors (Lipinski definition) is 5. The predicted molar refractivity (Wildman–Crippen MR) is 53.4 cm³/mol. The molecule has 0 atom stereocenters. The number of nitrogens with two attached hydrogens (primary N) is 1. The minimum absolute atomic E-state index is 0.272.